The summed E-state index contributed by atoms with van der Waals surface area (Å²) >= 11 is 6.66. The number of pyridine rings is 1. The Morgan fingerprint density at radius 3 is 2.70 bits per heavy atom. The van der Waals surface area contributed by atoms with Gasteiger partial charge in [-0.1, -0.05) is 12.1 Å². The molecule has 0 aliphatic carbocycles. The van der Waals surface area contributed by atoms with Crippen LogP contribution in [0.2, 0.25) is 0 Å². The van der Waals surface area contributed by atoms with Crippen LogP contribution in [0.3, 0.4) is 0 Å². The second-order valence-corrected chi connectivity index (χ2v) is 6.69. The maximum Gasteiger partial charge on any atom is 0.345 e. The van der Waals surface area contributed by atoms with Gasteiger partial charge in [0.15, 0.2) is 0 Å². The maximum absolute atomic E-state index is 12.1. The summed E-state index contributed by atoms with van der Waals surface area (Å²) in [5.41, 5.74) is 1.55. The third-order valence-electron chi connectivity index (χ3n) is 4.61. The highest BCUT2D eigenvalue weighted by Gasteiger charge is 2.19. The summed E-state index contributed by atoms with van der Waals surface area (Å²) in [4.78, 5) is 25.7. The van der Waals surface area contributed by atoms with E-state index in [-0.39, 0.29) is 0 Å². The fraction of sp³-hybridized carbons (Fsp3) is 0.316. The first-order chi connectivity index (χ1) is 13.2. The van der Waals surface area contributed by atoms with Crippen LogP contribution in [0.25, 0.3) is 10.9 Å². The fourth-order valence-corrected chi connectivity index (χ4v) is 3.47. The van der Waals surface area contributed by atoms with Crippen molar-refractivity contribution in [3.63, 3.8) is 0 Å². The Labute approximate surface area is 160 Å². The molecule has 140 valence electrons. The van der Waals surface area contributed by atoms with Crippen molar-refractivity contribution >= 4 is 28.3 Å². The van der Waals surface area contributed by atoms with E-state index in [0.717, 1.165) is 35.6 Å². The molecule has 1 aliphatic rings. The number of hydrogen-bond acceptors (Lipinski definition) is 6. The Morgan fingerprint density at radius 2 is 2.00 bits per heavy atom. The monoisotopic (exact) mass is 386 g/mol. The zero-order valence-corrected chi connectivity index (χ0v) is 15.6. The Kier molecular flexibility index (Phi) is 4.96. The first kappa shape index (κ1) is 17.8. The Hall–Kier alpha value is -2.64. The lowest BCUT2D eigenvalue weighted by Crippen LogP contribution is -2.36. The van der Waals surface area contributed by atoms with Crippen molar-refractivity contribution in [1.82, 2.24) is 15.0 Å². The minimum Gasteiger partial charge on any atom is -0.497 e. The first-order valence-corrected chi connectivity index (χ1v) is 9.10. The lowest BCUT2D eigenvalue weighted by atomic mass is 10.1. The summed E-state index contributed by atoms with van der Waals surface area (Å²) in [6.45, 7) is 2.87. The van der Waals surface area contributed by atoms with E-state index in [1.165, 1.54) is 0 Å². The summed E-state index contributed by atoms with van der Waals surface area (Å²) < 4.78 is 10.6. The van der Waals surface area contributed by atoms with Crippen molar-refractivity contribution in [3.05, 3.63) is 58.3 Å². The molecule has 1 fully saturated rings. The molecule has 3 aromatic rings. The number of fused-ring (bicyclic) bond motifs is 1. The number of H-pyrrole nitrogens is 1. The molecule has 1 unspecified atom stereocenters. The molecule has 0 amide bonds. The Balaban J connectivity index is 1.74. The van der Waals surface area contributed by atoms with E-state index in [2.05, 4.69) is 19.9 Å². The number of methoxy groups -OCH3 is 1. The van der Waals surface area contributed by atoms with Crippen molar-refractivity contribution in [3.8, 4) is 5.75 Å². The van der Waals surface area contributed by atoms with Gasteiger partial charge in [0, 0.05) is 30.7 Å². The van der Waals surface area contributed by atoms with Gasteiger partial charge in [0.2, 0.25) is 0 Å². The number of halogens is 1. The minimum absolute atomic E-state index is 0.434. The number of aromatic amines is 1. The molecule has 0 saturated carbocycles. The highest BCUT2D eigenvalue weighted by Crippen LogP contribution is 2.32. The predicted octanol–water partition coefficient (Wildman–Crippen LogP) is 2.49. The molecule has 1 aromatic carbocycles. The number of rotatable bonds is 4. The molecule has 3 heterocycles. The highest BCUT2D eigenvalue weighted by molar-refractivity contribution is 6.23. The van der Waals surface area contributed by atoms with Gasteiger partial charge >= 0.3 is 5.69 Å². The van der Waals surface area contributed by atoms with E-state index in [1.54, 1.807) is 13.3 Å². The molecular formula is C19H19ClN4O3. The number of ether oxygens (including phenoxy) is 2. The fourth-order valence-electron chi connectivity index (χ4n) is 3.15. The molecule has 7 nitrogen and oxygen atoms in total. The van der Waals surface area contributed by atoms with E-state index < -0.39 is 11.1 Å². The van der Waals surface area contributed by atoms with Gasteiger partial charge < -0.3 is 19.4 Å². The number of alkyl halides is 1. The van der Waals surface area contributed by atoms with E-state index in [0.29, 0.717) is 24.4 Å². The van der Waals surface area contributed by atoms with Crippen LogP contribution in [-0.2, 0) is 4.74 Å². The molecule has 1 aliphatic heterocycles. The van der Waals surface area contributed by atoms with Crippen LogP contribution in [-0.4, -0.2) is 48.4 Å². The van der Waals surface area contributed by atoms with Crippen molar-refractivity contribution in [2.75, 3.05) is 38.3 Å². The van der Waals surface area contributed by atoms with Gasteiger partial charge in [0.1, 0.15) is 16.9 Å². The van der Waals surface area contributed by atoms with Crippen LogP contribution in [0, 0.1) is 0 Å². The van der Waals surface area contributed by atoms with Gasteiger partial charge in [-0.3, -0.25) is 0 Å². The van der Waals surface area contributed by atoms with Gasteiger partial charge in [-0.2, -0.15) is 4.98 Å². The minimum atomic E-state index is -0.572. The molecule has 0 radical (unpaired) electrons. The van der Waals surface area contributed by atoms with Crippen LogP contribution in [0.5, 0.6) is 5.75 Å². The molecule has 4 rings (SSSR count). The maximum atomic E-state index is 12.1. The summed E-state index contributed by atoms with van der Waals surface area (Å²) in [5.74, 6) is 1.54. The van der Waals surface area contributed by atoms with Crippen LogP contribution in [0.4, 0.5) is 5.82 Å². The number of benzene rings is 1. The number of aromatic nitrogens is 3. The summed E-state index contributed by atoms with van der Waals surface area (Å²) in [6.07, 6.45) is 1.72. The first-order valence-electron chi connectivity index (χ1n) is 8.66. The lowest BCUT2D eigenvalue weighted by Gasteiger charge is -2.27. The number of morpholine rings is 1. The summed E-state index contributed by atoms with van der Waals surface area (Å²) in [7, 11) is 1.61. The average molecular weight is 387 g/mol. The molecule has 0 bridgehead atoms. The molecule has 1 saturated heterocycles. The molecule has 8 heteroatoms. The second kappa shape index (κ2) is 7.54. The predicted molar refractivity (Wildman–Crippen MR) is 104 cm³/mol. The van der Waals surface area contributed by atoms with Crippen molar-refractivity contribution in [1.29, 1.82) is 0 Å². The van der Waals surface area contributed by atoms with E-state index in [4.69, 9.17) is 21.1 Å². The number of nitrogens with zero attached hydrogens (tertiary/aromatic N) is 3. The molecule has 1 N–H and O–H groups in total. The third-order valence-corrected chi connectivity index (χ3v) is 5.07. The van der Waals surface area contributed by atoms with Crippen LogP contribution in [0.15, 0.2) is 41.3 Å². The Morgan fingerprint density at radius 1 is 1.26 bits per heavy atom. The number of hydrogen-bond donors (Lipinski definition) is 1. The van der Waals surface area contributed by atoms with E-state index in [9.17, 15) is 4.79 Å². The van der Waals surface area contributed by atoms with Gasteiger partial charge in [-0.15, -0.1) is 11.6 Å². The molecule has 27 heavy (non-hydrogen) atoms. The lowest BCUT2D eigenvalue weighted by molar-refractivity contribution is 0.122. The smallest absolute Gasteiger partial charge is 0.345 e. The summed E-state index contributed by atoms with van der Waals surface area (Å²) in [5, 5.41) is 0.152. The van der Waals surface area contributed by atoms with E-state index >= 15 is 0 Å². The molecular weight excluding hydrogens is 368 g/mol. The van der Waals surface area contributed by atoms with Crippen LogP contribution < -0.4 is 15.3 Å². The Bertz CT molecular complexity index is 1000. The zero-order valence-electron chi connectivity index (χ0n) is 14.8. The number of nitrogens with one attached hydrogen (secondary N) is 1. The largest absolute Gasteiger partial charge is 0.497 e. The molecule has 0 spiro atoms. The van der Waals surface area contributed by atoms with Crippen LogP contribution in [0.1, 0.15) is 16.6 Å². The highest BCUT2D eigenvalue weighted by atomic mass is 35.5. The second-order valence-electron chi connectivity index (χ2n) is 6.25. The topological polar surface area (TPSA) is 80.3 Å². The normalized spacial score (nSPS) is 15.7. The molecule has 2 aromatic heterocycles. The van der Waals surface area contributed by atoms with Crippen molar-refractivity contribution in [2.24, 2.45) is 0 Å². The average Bonchev–Trinajstić information content (AvgIpc) is 2.73. The van der Waals surface area contributed by atoms with Gasteiger partial charge in [-0.25, -0.2) is 9.78 Å². The van der Waals surface area contributed by atoms with Gasteiger partial charge in [-0.05, 0) is 17.7 Å². The quantitative estimate of drug-likeness (QED) is 0.694. The van der Waals surface area contributed by atoms with Crippen molar-refractivity contribution < 1.29 is 9.47 Å². The number of anilines is 1. The zero-order chi connectivity index (χ0) is 18.8. The van der Waals surface area contributed by atoms with Gasteiger partial charge in [0.25, 0.3) is 0 Å². The van der Waals surface area contributed by atoms with Crippen LogP contribution >= 0.6 is 11.6 Å². The molecule has 1 atom stereocenters. The standard InChI is InChI=1S/C19H19ClN4O3/c1-26-13-4-2-12(3-5-13)17(20)18-14-11-21-16(24-6-8-27-9-7-24)10-15(14)22-19(25)23-18/h2-5,10-11,17H,6-9H2,1H3,(H,22,23,25). The van der Waals surface area contributed by atoms with Gasteiger partial charge in [0.05, 0.1) is 31.5 Å². The van der Waals surface area contributed by atoms with E-state index in [1.807, 2.05) is 30.3 Å². The third kappa shape index (κ3) is 3.61. The SMILES string of the molecule is COc1ccc(C(Cl)c2nc(=O)[nH]c3cc(N4CCOCC4)ncc23)cc1. The van der Waals surface area contributed by atoms with Crippen molar-refractivity contribution in [2.45, 2.75) is 5.38 Å². The summed E-state index contributed by atoms with van der Waals surface area (Å²) in [6, 6.07) is 9.25.